The van der Waals surface area contributed by atoms with Crippen molar-refractivity contribution in [2.45, 2.75) is 37.8 Å². The molecule has 7 heteroatoms. The van der Waals surface area contributed by atoms with E-state index in [1.165, 1.54) is 57.7 Å². The Bertz CT molecular complexity index is 963. The summed E-state index contributed by atoms with van der Waals surface area (Å²) in [7, 11) is -0.628. The summed E-state index contributed by atoms with van der Waals surface area (Å²) in [5.74, 6) is -0.274. The molecule has 3 rings (SSSR count). The standard InChI is InChI=1S/C22H29N3O3S/c1-17-6-11-20(29(27,28)24(2)3)14-21(17)22(26)23-15-18-7-9-19(10-8-18)16-25-12-4-5-13-25/h6-11,14H,4-5,12-13,15-16H2,1-3H3,(H,23,26)/p+1. The van der Waals surface area contributed by atoms with Gasteiger partial charge in [0.05, 0.1) is 18.0 Å². The SMILES string of the molecule is Cc1ccc(S(=O)(=O)N(C)C)cc1C(=O)NCc1ccc(C[NH+]2CCCC2)cc1. The zero-order valence-corrected chi connectivity index (χ0v) is 18.2. The van der Waals surface area contributed by atoms with Crippen LogP contribution in [0.2, 0.25) is 0 Å². The molecule has 2 N–H and O–H groups in total. The maximum Gasteiger partial charge on any atom is 0.251 e. The average molecular weight is 417 g/mol. The van der Waals surface area contributed by atoms with E-state index >= 15 is 0 Å². The monoisotopic (exact) mass is 416 g/mol. The fourth-order valence-electron chi connectivity index (χ4n) is 3.61. The largest absolute Gasteiger partial charge is 0.348 e. The summed E-state index contributed by atoms with van der Waals surface area (Å²) in [6.45, 7) is 5.76. The number of quaternary nitrogens is 1. The summed E-state index contributed by atoms with van der Waals surface area (Å²) in [5.41, 5.74) is 3.45. The van der Waals surface area contributed by atoms with E-state index in [1.54, 1.807) is 17.9 Å². The Morgan fingerprint density at radius 3 is 2.28 bits per heavy atom. The molecule has 1 fully saturated rings. The van der Waals surface area contributed by atoms with Gasteiger partial charge in [-0.15, -0.1) is 0 Å². The van der Waals surface area contributed by atoms with Crippen LogP contribution >= 0.6 is 0 Å². The molecule has 2 aromatic carbocycles. The van der Waals surface area contributed by atoms with Gasteiger partial charge >= 0.3 is 0 Å². The number of carbonyl (C=O) groups is 1. The molecule has 0 saturated carbocycles. The van der Waals surface area contributed by atoms with E-state index < -0.39 is 10.0 Å². The molecule has 6 nitrogen and oxygen atoms in total. The third-order valence-electron chi connectivity index (χ3n) is 5.47. The van der Waals surface area contributed by atoms with Crippen LogP contribution in [0.3, 0.4) is 0 Å². The van der Waals surface area contributed by atoms with Crippen LogP contribution in [0.1, 0.15) is 39.9 Å². The predicted molar refractivity (Wildman–Crippen MR) is 113 cm³/mol. The maximum atomic E-state index is 12.7. The lowest BCUT2D eigenvalue weighted by atomic mass is 10.1. The predicted octanol–water partition coefficient (Wildman–Crippen LogP) is 1.35. The highest BCUT2D eigenvalue weighted by Crippen LogP contribution is 2.18. The summed E-state index contributed by atoms with van der Waals surface area (Å²) in [5, 5.41) is 2.90. The van der Waals surface area contributed by atoms with Crippen molar-refractivity contribution in [2.75, 3.05) is 27.2 Å². The van der Waals surface area contributed by atoms with Crippen LogP contribution in [-0.4, -0.2) is 45.8 Å². The van der Waals surface area contributed by atoms with Crippen molar-refractivity contribution in [1.29, 1.82) is 0 Å². The number of nitrogens with one attached hydrogen (secondary N) is 2. The van der Waals surface area contributed by atoms with E-state index in [0.29, 0.717) is 12.1 Å². The second kappa shape index (κ2) is 9.07. The van der Waals surface area contributed by atoms with Gasteiger partial charge in [0.25, 0.3) is 5.91 Å². The van der Waals surface area contributed by atoms with Crippen molar-refractivity contribution in [3.8, 4) is 0 Å². The Morgan fingerprint density at radius 2 is 1.66 bits per heavy atom. The first-order valence-electron chi connectivity index (χ1n) is 10.00. The Labute approximate surface area is 173 Å². The summed E-state index contributed by atoms with van der Waals surface area (Å²) in [4.78, 5) is 14.4. The number of carbonyl (C=O) groups excluding carboxylic acids is 1. The topological polar surface area (TPSA) is 70.9 Å². The van der Waals surface area contributed by atoms with Gasteiger partial charge < -0.3 is 10.2 Å². The fourth-order valence-corrected chi connectivity index (χ4v) is 4.54. The first-order chi connectivity index (χ1) is 13.8. The number of benzene rings is 2. The molecule has 1 heterocycles. The first kappa shape index (κ1) is 21.5. The Kier molecular flexibility index (Phi) is 6.72. The molecule has 2 aromatic rings. The Morgan fingerprint density at radius 1 is 1.03 bits per heavy atom. The molecule has 1 saturated heterocycles. The van der Waals surface area contributed by atoms with Gasteiger partial charge in [0, 0.05) is 44.6 Å². The molecule has 0 spiro atoms. The van der Waals surface area contributed by atoms with E-state index in [1.807, 2.05) is 12.1 Å². The van der Waals surface area contributed by atoms with Gasteiger partial charge in [-0.1, -0.05) is 30.3 Å². The van der Waals surface area contributed by atoms with Crippen LogP contribution in [0, 0.1) is 6.92 Å². The van der Waals surface area contributed by atoms with Crippen LogP contribution in [0.4, 0.5) is 0 Å². The lowest BCUT2D eigenvalue weighted by Gasteiger charge is -2.14. The third kappa shape index (κ3) is 5.23. The van der Waals surface area contributed by atoms with Gasteiger partial charge in [-0.05, 0) is 30.2 Å². The molecule has 0 aromatic heterocycles. The molecule has 0 radical (unpaired) electrons. The first-order valence-corrected chi connectivity index (χ1v) is 11.4. The van der Waals surface area contributed by atoms with E-state index in [2.05, 4.69) is 17.4 Å². The normalized spacial score (nSPS) is 15.0. The third-order valence-corrected chi connectivity index (χ3v) is 7.28. The molecular formula is C22H30N3O3S+. The van der Waals surface area contributed by atoms with Crippen molar-refractivity contribution >= 4 is 15.9 Å². The fraction of sp³-hybridized carbons (Fsp3) is 0.409. The quantitative estimate of drug-likeness (QED) is 0.716. The van der Waals surface area contributed by atoms with Crippen LogP contribution in [-0.2, 0) is 23.1 Å². The summed E-state index contributed by atoms with van der Waals surface area (Å²) < 4.78 is 25.8. The van der Waals surface area contributed by atoms with Crippen molar-refractivity contribution < 1.29 is 18.1 Å². The van der Waals surface area contributed by atoms with E-state index in [-0.39, 0.29) is 10.8 Å². The Hall–Kier alpha value is -2.22. The summed E-state index contributed by atoms with van der Waals surface area (Å²) >= 11 is 0. The highest BCUT2D eigenvalue weighted by atomic mass is 32.2. The average Bonchev–Trinajstić information content (AvgIpc) is 3.20. The van der Waals surface area contributed by atoms with E-state index in [9.17, 15) is 13.2 Å². The number of nitrogens with zero attached hydrogens (tertiary/aromatic N) is 1. The minimum absolute atomic E-state index is 0.118. The lowest BCUT2D eigenvalue weighted by molar-refractivity contribution is -0.901. The smallest absolute Gasteiger partial charge is 0.251 e. The number of likely N-dealkylation sites (tertiary alicyclic amines) is 1. The van der Waals surface area contributed by atoms with Crippen molar-refractivity contribution in [3.63, 3.8) is 0 Å². The number of amides is 1. The molecule has 0 aliphatic carbocycles. The minimum Gasteiger partial charge on any atom is -0.348 e. The highest BCUT2D eigenvalue weighted by Gasteiger charge is 2.20. The zero-order valence-electron chi connectivity index (χ0n) is 17.4. The molecule has 0 bridgehead atoms. The molecule has 1 aliphatic heterocycles. The second-order valence-corrected chi connectivity index (χ2v) is 10.0. The van der Waals surface area contributed by atoms with Crippen LogP contribution < -0.4 is 10.2 Å². The molecule has 1 amide bonds. The number of aryl methyl sites for hydroxylation is 1. The maximum absolute atomic E-state index is 12.7. The van der Waals surface area contributed by atoms with Crippen molar-refractivity contribution in [3.05, 3.63) is 64.7 Å². The molecule has 0 unspecified atom stereocenters. The minimum atomic E-state index is -3.58. The number of hydrogen-bond donors (Lipinski definition) is 2. The van der Waals surface area contributed by atoms with E-state index in [0.717, 1.165) is 22.0 Å². The molecule has 1 aliphatic rings. The van der Waals surface area contributed by atoms with Gasteiger partial charge in [-0.2, -0.15) is 0 Å². The summed E-state index contributed by atoms with van der Waals surface area (Å²) in [6, 6.07) is 13.0. The van der Waals surface area contributed by atoms with Gasteiger partial charge in [-0.3, -0.25) is 4.79 Å². The van der Waals surface area contributed by atoms with Crippen LogP contribution in [0.25, 0.3) is 0 Å². The number of rotatable bonds is 7. The van der Waals surface area contributed by atoms with Crippen LogP contribution in [0.15, 0.2) is 47.4 Å². The van der Waals surface area contributed by atoms with Gasteiger partial charge in [0.1, 0.15) is 6.54 Å². The molecule has 0 atom stereocenters. The summed E-state index contributed by atoms with van der Waals surface area (Å²) in [6.07, 6.45) is 2.63. The number of sulfonamides is 1. The van der Waals surface area contributed by atoms with Gasteiger partial charge in [0.15, 0.2) is 0 Å². The van der Waals surface area contributed by atoms with Gasteiger partial charge in [-0.25, -0.2) is 12.7 Å². The number of hydrogen-bond acceptors (Lipinski definition) is 3. The van der Waals surface area contributed by atoms with E-state index in [4.69, 9.17) is 0 Å². The van der Waals surface area contributed by atoms with Gasteiger partial charge in [0.2, 0.25) is 10.0 Å². The highest BCUT2D eigenvalue weighted by molar-refractivity contribution is 7.89. The molecule has 29 heavy (non-hydrogen) atoms. The van der Waals surface area contributed by atoms with Crippen molar-refractivity contribution in [1.82, 2.24) is 9.62 Å². The van der Waals surface area contributed by atoms with Crippen LogP contribution in [0.5, 0.6) is 0 Å². The molecular weight excluding hydrogens is 386 g/mol. The lowest BCUT2D eigenvalue weighted by Crippen LogP contribution is -3.08. The molecule has 156 valence electrons. The zero-order chi connectivity index (χ0) is 21.0. The second-order valence-electron chi connectivity index (χ2n) is 7.90. The Balaban J connectivity index is 1.64. The van der Waals surface area contributed by atoms with Crippen molar-refractivity contribution in [2.24, 2.45) is 0 Å².